The number of carbonyl (C=O) groups is 1. The van der Waals surface area contributed by atoms with Crippen molar-refractivity contribution >= 4 is 11.7 Å². The van der Waals surface area contributed by atoms with Gasteiger partial charge in [0.1, 0.15) is 0 Å². The van der Waals surface area contributed by atoms with E-state index in [9.17, 15) is 9.90 Å². The first-order valence-electron chi connectivity index (χ1n) is 10.2. The zero-order valence-corrected chi connectivity index (χ0v) is 15.9. The zero-order chi connectivity index (χ0) is 18.1. The van der Waals surface area contributed by atoms with Crippen LogP contribution < -0.4 is 10.2 Å². The second-order valence-corrected chi connectivity index (χ2v) is 9.97. The highest BCUT2D eigenvalue weighted by Gasteiger charge is 2.55. The standard InChI is InChI=1S/C22H30N2O2/c1-21(2)7-8-24(18-6-4-3-5-17(18)21)20(25)23-19-15-9-14-10-16(19)13-22(26,11-14)12-15/h3-6,14-16,19,26H,7-13H2,1-2H3,(H,23,25). The van der Waals surface area contributed by atoms with Crippen LogP contribution in [0.3, 0.4) is 0 Å². The Labute approximate surface area is 156 Å². The molecule has 2 N–H and O–H groups in total. The molecule has 5 aliphatic rings. The van der Waals surface area contributed by atoms with E-state index in [1.54, 1.807) is 0 Å². The lowest BCUT2D eigenvalue weighted by molar-refractivity contribution is -0.136. The number of nitrogens with zero attached hydrogens (tertiary/aromatic N) is 1. The van der Waals surface area contributed by atoms with Crippen LogP contribution in [0.2, 0.25) is 0 Å². The van der Waals surface area contributed by atoms with Crippen LogP contribution in [0, 0.1) is 17.8 Å². The quantitative estimate of drug-likeness (QED) is 0.805. The van der Waals surface area contributed by atoms with Crippen molar-refractivity contribution in [2.24, 2.45) is 17.8 Å². The normalized spacial score (nSPS) is 39.6. The van der Waals surface area contributed by atoms with Gasteiger partial charge in [-0.25, -0.2) is 4.79 Å². The first kappa shape index (κ1) is 16.6. The summed E-state index contributed by atoms with van der Waals surface area (Å²) < 4.78 is 0. The van der Waals surface area contributed by atoms with Crippen molar-refractivity contribution in [3.8, 4) is 0 Å². The van der Waals surface area contributed by atoms with Crippen LogP contribution in [-0.4, -0.2) is 29.3 Å². The van der Waals surface area contributed by atoms with E-state index in [4.69, 9.17) is 0 Å². The molecule has 4 heteroatoms. The summed E-state index contributed by atoms with van der Waals surface area (Å²) in [5, 5.41) is 14.2. The first-order valence-corrected chi connectivity index (χ1v) is 10.2. The molecule has 26 heavy (non-hydrogen) atoms. The lowest BCUT2D eigenvalue weighted by Gasteiger charge is -2.58. The SMILES string of the molecule is CC1(C)CCN(C(=O)NC2C3CC4CC2CC(O)(C4)C3)c2ccccc21. The van der Waals surface area contributed by atoms with Crippen LogP contribution in [0.4, 0.5) is 10.5 Å². The number of fused-ring (bicyclic) bond motifs is 1. The van der Waals surface area contributed by atoms with Crippen LogP contribution in [0.25, 0.3) is 0 Å². The Morgan fingerprint density at radius 3 is 2.54 bits per heavy atom. The monoisotopic (exact) mass is 354 g/mol. The molecule has 0 spiro atoms. The number of rotatable bonds is 1. The van der Waals surface area contributed by atoms with E-state index in [0.29, 0.717) is 17.8 Å². The van der Waals surface area contributed by atoms with E-state index in [2.05, 4.69) is 37.4 Å². The molecule has 4 fully saturated rings. The van der Waals surface area contributed by atoms with Crippen molar-refractivity contribution < 1.29 is 9.90 Å². The van der Waals surface area contributed by atoms with Gasteiger partial charge in [0, 0.05) is 18.3 Å². The topological polar surface area (TPSA) is 52.6 Å². The molecule has 1 aromatic carbocycles. The van der Waals surface area contributed by atoms with E-state index >= 15 is 0 Å². The summed E-state index contributed by atoms with van der Waals surface area (Å²) in [6, 6.07) is 8.63. The highest BCUT2D eigenvalue weighted by atomic mass is 16.3. The van der Waals surface area contributed by atoms with Gasteiger partial charge in [0.05, 0.1) is 5.60 Å². The zero-order valence-electron chi connectivity index (χ0n) is 15.9. The molecule has 2 atom stereocenters. The van der Waals surface area contributed by atoms with Crippen LogP contribution in [-0.2, 0) is 5.41 Å². The first-order chi connectivity index (χ1) is 12.3. The summed E-state index contributed by atoms with van der Waals surface area (Å²) in [5.41, 5.74) is 1.99. The Balaban J connectivity index is 1.37. The molecular formula is C22H30N2O2. The predicted molar refractivity (Wildman–Crippen MR) is 102 cm³/mol. The minimum Gasteiger partial charge on any atom is -0.390 e. The molecule has 4 bridgehead atoms. The third kappa shape index (κ3) is 2.49. The van der Waals surface area contributed by atoms with Gasteiger partial charge in [-0.05, 0) is 73.3 Å². The highest BCUT2D eigenvalue weighted by Crippen LogP contribution is 2.55. The fourth-order valence-electron chi connectivity index (χ4n) is 6.58. The highest BCUT2D eigenvalue weighted by molar-refractivity contribution is 5.94. The Hall–Kier alpha value is -1.55. The van der Waals surface area contributed by atoms with Crippen LogP contribution in [0.15, 0.2) is 24.3 Å². The van der Waals surface area contributed by atoms with Crippen molar-refractivity contribution in [2.75, 3.05) is 11.4 Å². The molecule has 140 valence electrons. The molecular weight excluding hydrogens is 324 g/mol. The molecule has 6 rings (SSSR count). The van der Waals surface area contributed by atoms with Crippen molar-refractivity contribution in [3.05, 3.63) is 29.8 Å². The average Bonchev–Trinajstić information content (AvgIpc) is 2.57. The van der Waals surface area contributed by atoms with Gasteiger partial charge >= 0.3 is 6.03 Å². The number of amides is 2. The van der Waals surface area contributed by atoms with E-state index in [1.165, 1.54) is 18.4 Å². The van der Waals surface area contributed by atoms with Crippen molar-refractivity contribution in [3.63, 3.8) is 0 Å². The number of benzene rings is 1. The molecule has 0 aromatic heterocycles. The minimum absolute atomic E-state index is 0.0532. The molecule has 4 nitrogen and oxygen atoms in total. The molecule has 0 radical (unpaired) electrons. The number of hydrogen-bond acceptors (Lipinski definition) is 2. The van der Waals surface area contributed by atoms with E-state index in [0.717, 1.165) is 37.9 Å². The van der Waals surface area contributed by atoms with Crippen molar-refractivity contribution in [1.82, 2.24) is 5.32 Å². The Bertz CT molecular complexity index is 727. The summed E-state index contributed by atoms with van der Waals surface area (Å²) in [5.74, 6) is 1.57. The van der Waals surface area contributed by atoms with Crippen LogP contribution in [0.5, 0.6) is 0 Å². The smallest absolute Gasteiger partial charge is 0.322 e. The number of nitrogens with one attached hydrogen (secondary N) is 1. The third-order valence-electron chi connectivity index (χ3n) is 7.66. The Morgan fingerprint density at radius 2 is 1.85 bits per heavy atom. The lowest BCUT2D eigenvalue weighted by Crippen LogP contribution is -2.63. The Kier molecular flexibility index (Phi) is 3.50. The lowest BCUT2D eigenvalue weighted by atomic mass is 9.52. The summed E-state index contributed by atoms with van der Waals surface area (Å²) in [7, 11) is 0. The van der Waals surface area contributed by atoms with Gasteiger partial charge in [0.2, 0.25) is 0 Å². The van der Waals surface area contributed by atoms with Gasteiger partial charge in [-0.1, -0.05) is 32.0 Å². The molecule has 4 saturated carbocycles. The van der Waals surface area contributed by atoms with Gasteiger partial charge in [-0.3, -0.25) is 4.90 Å². The number of hydrogen-bond donors (Lipinski definition) is 2. The number of aliphatic hydroxyl groups is 1. The number of urea groups is 1. The van der Waals surface area contributed by atoms with Gasteiger partial charge in [0.15, 0.2) is 0 Å². The molecule has 4 aliphatic carbocycles. The van der Waals surface area contributed by atoms with E-state index in [1.807, 2.05) is 11.0 Å². The Morgan fingerprint density at radius 1 is 1.15 bits per heavy atom. The van der Waals surface area contributed by atoms with Crippen LogP contribution >= 0.6 is 0 Å². The maximum absolute atomic E-state index is 13.2. The predicted octanol–water partition coefficient (Wildman–Crippen LogP) is 3.82. The molecule has 1 aliphatic heterocycles. The molecule has 1 heterocycles. The summed E-state index contributed by atoms with van der Waals surface area (Å²) in [4.78, 5) is 15.1. The average molecular weight is 354 g/mol. The van der Waals surface area contributed by atoms with E-state index in [-0.39, 0.29) is 17.5 Å². The summed E-state index contributed by atoms with van der Waals surface area (Å²) >= 11 is 0. The third-order valence-corrected chi connectivity index (χ3v) is 7.66. The largest absolute Gasteiger partial charge is 0.390 e. The summed E-state index contributed by atoms with van der Waals surface area (Å²) in [6.45, 7) is 5.30. The molecule has 0 saturated heterocycles. The van der Waals surface area contributed by atoms with Crippen molar-refractivity contribution in [2.45, 2.75) is 69.4 Å². The molecule has 2 amide bonds. The van der Waals surface area contributed by atoms with Gasteiger partial charge in [0.25, 0.3) is 0 Å². The minimum atomic E-state index is -0.445. The van der Waals surface area contributed by atoms with Gasteiger partial charge in [-0.15, -0.1) is 0 Å². The second-order valence-electron chi connectivity index (χ2n) is 9.97. The molecule has 2 unspecified atom stereocenters. The number of para-hydroxylation sites is 1. The second kappa shape index (κ2) is 5.48. The van der Waals surface area contributed by atoms with Gasteiger partial charge < -0.3 is 10.4 Å². The fraction of sp³-hybridized carbons (Fsp3) is 0.682. The summed E-state index contributed by atoms with van der Waals surface area (Å²) in [6.07, 6.45) is 6.05. The van der Waals surface area contributed by atoms with E-state index < -0.39 is 5.60 Å². The maximum atomic E-state index is 13.2. The fourth-order valence-corrected chi connectivity index (χ4v) is 6.58. The van der Waals surface area contributed by atoms with Crippen LogP contribution in [0.1, 0.15) is 57.9 Å². The maximum Gasteiger partial charge on any atom is 0.322 e. The van der Waals surface area contributed by atoms with Gasteiger partial charge in [-0.2, -0.15) is 0 Å². The number of carbonyl (C=O) groups excluding carboxylic acids is 1. The molecule has 1 aromatic rings. The number of anilines is 1. The van der Waals surface area contributed by atoms with Crippen molar-refractivity contribution in [1.29, 1.82) is 0 Å².